The average Bonchev–Trinajstić information content (AvgIpc) is 3.50. The molecular formula is C24H24N2O6S2. The van der Waals surface area contributed by atoms with Crippen LogP contribution in [0.5, 0.6) is 0 Å². The fraction of sp³-hybridized carbons (Fsp3) is 0.375. The number of aromatic nitrogens is 1. The molecule has 8 nitrogen and oxygen atoms in total. The van der Waals surface area contributed by atoms with Gasteiger partial charge in [0.05, 0.1) is 48.4 Å². The van der Waals surface area contributed by atoms with E-state index in [9.17, 15) is 24.6 Å². The molecule has 34 heavy (non-hydrogen) atoms. The summed E-state index contributed by atoms with van der Waals surface area (Å²) in [7, 11) is 1.26. The lowest BCUT2D eigenvalue weighted by atomic mass is 9.78. The van der Waals surface area contributed by atoms with Crippen LogP contribution in [0.15, 0.2) is 45.0 Å². The first-order valence-corrected chi connectivity index (χ1v) is 12.6. The molecule has 1 amide bonds. The quantitative estimate of drug-likeness (QED) is 0.398. The van der Waals surface area contributed by atoms with Crippen molar-refractivity contribution in [3.8, 4) is 11.1 Å². The molecule has 3 aromatic rings. The highest BCUT2D eigenvalue weighted by molar-refractivity contribution is 7.13. The number of methoxy groups -OCH3 is 1. The molecule has 2 aliphatic rings. The third-order valence-corrected chi connectivity index (χ3v) is 8.61. The number of nitrogens with zero attached hydrogens (tertiary/aromatic N) is 2. The van der Waals surface area contributed by atoms with Gasteiger partial charge in [-0.1, -0.05) is 18.5 Å². The number of benzene rings is 1. The number of aliphatic hydroxyl groups excluding tert-OH is 2. The molecule has 2 aliphatic heterocycles. The number of hydrogen-bond donors (Lipinski definition) is 2. The van der Waals surface area contributed by atoms with E-state index in [0.717, 1.165) is 21.4 Å². The molecule has 1 saturated heterocycles. The first-order chi connectivity index (χ1) is 16.3. The lowest BCUT2D eigenvalue weighted by molar-refractivity contribution is -0.163. The number of rotatable bonds is 6. The van der Waals surface area contributed by atoms with Gasteiger partial charge in [-0.2, -0.15) is 11.3 Å². The van der Waals surface area contributed by atoms with Crippen molar-refractivity contribution in [2.45, 2.75) is 39.1 Å². The fourth-order valence-electron chi connectivity index (χ4n) is 5.17. The van der Waals surface area contributed by atoms with Crippen molar-refractivity contribution in [3.05, 3.63) is 56.1 Å². The van der Waals surface area contributed by atoms with Crippen LogP contribution in [0.3, 0.4) is 0 Å². The Morgan fingerprint density at radius 3 is 2.68 bits per heavy atom. The molecule has 2 aromatic heterocycles. The van der Waals surface area contributed by atoms with Gasteiger partial charge in [0, 0.05) is 5.92 Å². The van der Waals surface area contributed by atoms with Gasteiger partial charge in [-0.25, -0.2) is 4.79 Å². The Kier molecular flexibility index (Phi) is 5.71. The molecule has 1 fully saturated rings. The van der Waals surface area contributed by atoms with Crippen molar-refractivity contribution in [1.82, 2.24) is 8.86 Å². The fourth-order valence-corrected chi connectivity index (χ4v) is 6.89. The topological polar surface area (TPSA) is 109 Å². The molecule has 0 aliphatic carbocycles. The monoisotopic (exact) mass is 500 g/mol. The maximum Gasteiger partial charge on any atom is 0.354 e. The first-order valence-electron chi connectivity index (χ1n) is 10.9. The number of β-lactam (4-membered cyclic amide) rings is 1. The van der Waals surface area contributed by atoms with E-state index in [-0.39, 0.29) is 42.3 Å². The summed E-state index contributed by atoms with van der Waals surface area (Å²) in [5.74, 6) is -1.75. The Hall–Kier alpha value is -2.79. The highest BCUT2D eigenvalue weighted by Gasteiger charge is 2.59. The molecule has 10 heteroatoms. The second-order valence-corrected chi connectivity index (χ2v) is 10.6. The summed E-state index contributed by atoms with van der Waals surface area (Å²) in [4.78, 5) is 40.1. The van der Waals surface area contributed by atoms with Gasteiger partial charge in [0.1, 0.15) is 5.70 Å². The zero-order valence-electron chi connectivity index (χ0n) is 18.8. The average molecular weight is 501 g/mol. The summed E-state index contributed by atoms with van der Waals surface area (Å²) in [6.45, 7) is 3.46. The van der Waals surface area contributed by atoms with Crippen LogP contribution in [-0.2, 0) is 27.5 Å². The highest BCUT2D eigenvalue weighted by atomic mass is 32.1. The normalized spacial score (nSPS) is 22.8. The molecule has 0 radical (unpaired) electrons. The third kappa shape index (κ3) is 3.28. The molecule has 4 atom stereocenters. The SMILES string of the molecule is COC(=O)C1=C(Cn2sc3cc(CO)c(-c4ccsc4)cc3c2=O)C(C)C2C(C(C)O)C(=O)N12. The molecule has 2 N–H and O–H groups in total. The van der Waals surface area contributed by atoms with Gasteiger partial charge in [0.15, 0.2) is 0 Å². The zero-order valence-corrected chi connectivity index (χ0v) is 20.5. The van der Waals surface area contributed by atoms with E-state index in [4.69, 9.17) is 4.74 Å². The van der Waals surface area contributed by atoms with Gasteiger partial charge < -0.3 is 19.8 Å². The van der Waals surface area contributed by atoms with Crippen molar-refractivity contribution in [1.29, 1.82) is 0 Å². The van der Waals surface area contributed by atoms with Crippen molar-refractivity contribution in [3.63, 3.8) is 0 Å². The van der Waals surface area contributed by atoms with Crippen LogP contribution in [0.1, 0.15) is 19.4 Å². The van der Waals surface area contributed by atoms with Gasteiger partial charge in [0.25, 0.3) is 5.56 Å². The van der Waals surface area contributed by atoms with Crippen molar-refractivity contribution in [2.24, 2.45) is 11.8 Å². The van der Waals surface area contributed by atoms with Gasteiger partial charge >= 0.3 is 5.97 Å². The Labute approximate surface area is 203 Å². The zero-order chi connectivity index (χ0) is 24.3. The number of carbonyl (C=O) groups excluding carboxylic acids is 2. The van der Waals surface area contributed by atoms with Crippen LogP contribution >= 0.6 is 22.9 Å². The maximum atomic E-state index is 13.4. The first kappa shape index (κ1) is 23.0. The van der Waals surface area contributed by atoms with E-state index in [1.165, 1.54) is 23.5 Å². The summed E-state index contributed by atoms with van der Waals surface area (Å²) in [5.41, 5.74) is 3.11. The number of fused-ring (bicyclic) bond motifs is 2. The Morgan fingerprint density at radius 1 is 1.29 bits per heavy atom. The van der Waals surface area contributed by atoms with Crippen LogP contribution in [0.25, 0.3) is 21.2 Å². The molecule has 0 saturated carbocycles. The molecule has 1 aromatic carbocycles. The van der Waals surface area contributed by atoms with E-state index >= 15 is 0 Å². The lowest BCUT2D eigenvalue weighted by Crippen LogP contribution is -2.63. The largest absolute Gasteiger partial charge is 0.464 e. The minimum atomic E-state index is -0.839. The molecule has 178 valence electrons. The van der Waals surface area contributed by atoms with Crippen LogP contribution < -0.4 is 5.56 Å². The standard InChI is InChI=1S/C24H24N2O6S2/c1-11-17(21(24(31)32-3)26-20(11)19(12(2)28)23(26)30)8-25-22(29)16-7-15(13-4-5-33-10-13)14(9-27)6-18(16)34-25/h4-7,10-12,19-20,27-28H,8-9H2,1-3H3. The second-order valence-electron chi connectivity index (χ2n) is 8.73. The maximum absolute atomic E-state index is 13.4. The number of ether oxygens (including phenoxy) is 1. The van der Waals surface area contributed by atoms with E-state index < -0.39 is 18.0 Å². The summed E-state index contributed by atoms with van der Waals surface area (Å²) in [5, 5.41) is 24.5. The number of carbonyl (C=O) groups is 2. The van der Waals surface area contributed by atoms with Crippen LogP contribution in [0.4, 0.5) is 0 Å². The van der Waals surface area contributed by atoms with Gasteiger partial charge in [-0.15, -0.1) is 0 Å². The summed E-state index contributed by atoms with van der Waals surface area (Å²) < 4.78 is 7.27. The van der Waals surface area contributed by atoms with E-state index in [1.54, 1.807) is 22.2 Å². The van der Waals surface area contributed by atoms with E-state index in [0.29, 0.717) is 11.0 Å². The molecular weight excluding hydrogens is 476 g/mol. The van der Waals surface area contributed by atoms with Crippen molar-refractivity contribution in [2.75, 3.05) is 7.11 Å². The number of esters is 1. The number of thiophene rings is 1. The smallest absolute Gasteiger partial charge is 0.354 e. The summed E-state index contributed by atoms with van der Waals surface area (Å²) in [6, 6.07) is 5.25. The third-order valence-electron chi connectivity index (χ3n) is 6.88. The highest BCUT2D eigenvalue weighted by Crippen LogP contribution is 2.48. The molecule has 0 spiro atoms. The van der Waals surface area contributed by atoms with E-state index in [1.807, 2.05) is 35.9 Å². The number of hydrogen-bond acceptors (Lipinski definition) is 8. The Morgan fingerprint density at radius 2 is 2.06 bits per heavy atom. The minimum Gasteiger partial charge on any atom is -0.464 e. The van der Waals surface area contributed by atoms with E-state index in [2.05, 4.69) is 0 Å². The Balaban J connectivity index is 1.59. The van der Waals surface area contributed by atoms with Crippen molar-refractivity contribution < 1.29 is 24.5 Å². The van der Waals surface area contributed by atoms with Gasteiger partial charge in [0.2, 0.25) is 5.91 Å². The van der Waals surface area contributed by atoms with Gasteiger partial charge in [-0.05, 0) is 58.1 Å². The Bertz CT molecular complexity index is 1380. The lowest BCUT2D eigenvalue weighted by Gasteiger charge is -2.46. The predicted molar refractivity (Wildman–Crippen MR) is 129 cm³/mol. The summed E-state index contributed by atoms with van der Waals surface area (Å²) in [6.07, 6.45) is -0.839. The summed E-state index contributed by atoms with van der Waals surface area (Å²) >= 11 is 2.80. The molecule has 4 heterocycles. The molecule has 0 bridgehead atoms. The second kappa shape index (κ2) is 8.46. The minimum absolute atomic E-state index is 0.138. The molecule has 4 unspecified atom stereocenters. The van der Waals surface area contributed by atoms with Crippen molar-refractivity contribution >= 4 is 44.8 Å². The van der Waals surface area contributed by atoms with Crippen LogP contribution in [-0.4, -0.2) is 50.2 Å². The van der Waals surface area contributed by atoms with Crippen LogP contribution in [0, 0.1) is 11.8 Å². The number of aliphatic hydroxyl groups is 2. The van der Waals surface area contributed by atoms with Gasteiger partial charge in [-0.3, -0.25) is 13.5 Å². The predicted octanol–water partition coefficient (Wildman–Crippen LogP) is 2.57. The molecule has 5 rings (SSSR count). The number of amides is 1. The van der Waals surface area contributed by atoms with Crippen LogP contribution in [0.2, 0.25) is 0 Å².